The van der Waals surface area contributed by atoms with Crippen LogP contribution in [0.1, 0.15) is 47.3 Å². The van der Waals surface area contributed by atoms with E-state index >= 15 is 0 Å². The van der Waals surface area contributed by atoms with E-state index in [0.717, 1.165) is 55.8 Å². The zero-order valence-corrected chi connectivity index (χ0v) is 19.5. The summed E-state index contributed by atoms with van der Waals surface area (Å²) < 4.78 is 11.6. The second kappa shape index (κ2) is 9.30. The van der Waals surface area contributed by atoms with E-state index in [4.69, 9.17) is 14.5 Å². The number of aryl methyl sites for hydroxylation is 1. The molecule has 0 spiro atoms. The maximum Gasteiger partial charge on any atom is 0.253 e. The minimum Gasteiger partial charge on any atom is -0.493 e. The van der Waals surface area contributed by atoms with Crippen LogP contribution in [0.2, 0.25) is 0 Å². The predicted octanol–water partition coefficient (Wildman–Crippen LogP) is 4.97. The van der Waals surface area contributed by atoms with Gasteiger partial charge in [-0.2, -0.15) is 0 Å². The number of benzene rings is 2. The Morgan fingerprint density at radius 2 is 1.70 bits per heavy atom. The third kappa shape index (κ3) is 4.47. The van der Waals surface area contributed by atoms with Gasteiger partial charge in [-0.05, 0) is 68.5 Å². The van der Waals surface area contributed by atoms with Gasteiger partial charge in [0, 0.05) is 48.5 Å². The van der Waals surface area contributed by atoms with Crippen molar-refractivity contribution in [3.63, 3.8) is 0 Å². The summed E-state index contributed by atoms with van der Waals surface area (Å²) in [5.74, 6) is 1.26. The molecule has 0 unspecified atom stereocenters. The molecule has 33 heavy (non-hydrogen) atoms. The molecule has 3 aromatic rings. The molecule has 1 amide bonds. The van der Waals surface area contributed by atoms with Crippen LogP contribution in [-0.4, -0.2) is 49.1 Å². The summed E-state index contributed by atoms with van der Waals surface area (Å²) in [4.78, 5) is 21.8. The van der Waals surface area contributed by atoms with Crippen LogP contribution < -0.4 is 14.4 Å². The predicted molar refractivity (Wildman–Crippen MR) is 130 cm³/mol. The summed E-state index contributed by atoms with van der Waals surface area (Å²) in [6.07, 6.45) is 4.64. The van der Waals surface area contributed by atoms with Gasteiger partial charge >= 0.3 is 0 Å². The molecule has 2 aliphatic rings. The number of carbonyl (C=O) groups excluding carboxylic acids is 1. The number of likely N-dealkylation sites (tertiary alicyclic amines) is 1. The fourth-order valence-corrected chi connectivity index (χ4v) is 4.88. The van der Waals surface area contributed by atoms with Crippen molar-refractivity contribution in [3.05, 3.63) is 59.3 Å². The first kappa shape index (κ1) is 21.6. The van der Waals surface area contributed by atoms with E-state index < -0.39 is 0 Å². The summed E-state index contributed by atoms with van der Waals surface area (Å²) in [5.41, 5.74) is 4.99. The number of ether oxygens (including phenoxy) is 2. The minimum absolute atomic E-state index is 0.0575. The highest BCUT2D eigenvalue weighted by Crippen LogP contribution is 2.32. The van der Waals surface area contributed by atoms with Gasteiger partial charge < -0.3 is 19.3 Å². The normalized spacial score (nSPS) is 15.9. The number of carbonyl (C=O) groups is 1. The minimum atomic E-state index is 0.0575. The quantitative estimate of drug-likeness (QED) is 0.536. The van der Waals surface area contributed by atoms with Gasteiger partial charge in [-0.25, -0.2) is 0 Å². The molecule has 6 nitrogen and oxygen atoms in total. The van der Waals surface area contributed by atoms with E-state index in [0.29, 0.717) is 23.7 Å². The molecule has 6 heteroatoms. The van der Waals surface area contributed by atoms with Gasteiger partial charge in [-0.15, -0.1) is 0 Å². The molecule has 0 radical (unpaired) electrons. The van der Waals surface area contributed by atoms with Crippen molar-refractivity contribution >= 4 is 22.5 Å². The maximum atomic E-state index is 12.7. The monoisotopic (exact) mass is 445 g/mol. The summed E-state index contributed by atoms with van der Waals surface area (Å²) in [5, 5.41) is 1.19. The Labute approximate surface area is 195 Å². The third-order valence-electron chi connectivity index (χ3n) is 6.63. The first-order valence-electron chi connectivity index (χ1n) is 11.9. The van der Waals surface area contributed by atoms with Gasteiger partial charge in [-0.1, -0.05) is 12.1 Å². The number of hydrogen-bond acceptors (Lipinski definition) is 5. The van der Waals surface area contributed by atoms with Crippen LogP contribution >= 0.6 is 0 Å². The van der Waals surface area contributed by atoms with Gasteiger partial charge in [0.15, 0.2) is 11.5 Å². The fourth-order valence-electron chi connectivity index (χ4n) is 4.88. The van der Waals surface area contributed by atoms with Crippen LogP contribution in [0, 0.1) is 6.92 Å². The van der Waals surface area contributed by atoms with E-state index in [9.17, 15) is 4.79 Å². The van der Waals surface area contributed by atoms with Crippen LogP contribution in [0.4, 0.5) is 5.69 Å². The molecule has 0 bridgehead atoms. The smallest absolute Gasteiger partial charge is 0.253 e. The zero-order valence-electron chi connectivity index (χ0n) is 19.5. The Morgan fingerprint density at radius 3 is 2.45 bits per heavy atom. The van der Waals surface area contributed by atoms with Crippen LogP contribution in [-0.2, 0) is 6.61 Å². The van der Waals surface area contributed by atoms with Gasteiger partial charge in [0.25, 0.3) is 5.91 Å². The molecule has 172 valence electrons. The molecule has 2 aromatic carbocycles. The number of nitrogens with zero attached hydrogens (tertiary/aromatic N) is 3. The van der Waals surface area contributed by atoms with Crippen molar-refractivity contribution in [1.29, 1.82) is 0 Å². The average Bonchev–Trinajstić information content (AvgIpc) is 3.56. The van der Waals surface area contributed by atoms with E-state index in [-0.39, 0.29) is 5.91 Å². The second-order valence-corrected chi connectivity index (χ2v) is 8.98. The lowest BCUT2D eigenvalue weighted by molar-refractivity contribution is 0.0792. The maximum absolute atomic E-state index is 12.7. The molecule has 5 rings (SSSR count). The number of methoxy groups -OCH3 is 1. The molecule has 3 heterocycles. The van der Waals surface area contributed by atoms with Gasteiger partial charge in [0.2, 0.25) is 0 Å². The number of anilines is 1. The Hall–Kier alpha value is -3.28. The van der Waals surface area contributed by atoms with Crippen molar-refractivity contribution in [1.82, 2.24) is 9.88 Å². The van der Waals surface area contributed by atoms with E-state index in [1.54, 1.807) is 13.2 Å². The van der Waals surface area contributed by atoms with Crippen molar-refractivity contribution in [3.8, 4) is 11.5 Å². The number of hydrogen-bond donors (Lipinski definition) is 0. The topological polar surface area (TPSA) is 54.9 Å². The molecule has 2 fully saturated rings. The summed E-state index contributed by atoms with van der Waals surface area (Å²) in [6, 6.07) is 14.0. The molecular weight excluding hydrogens is 414 g/mol. The average molecular weight is 446 g/mol. The van der Waals surface area contributed by atoms with Crippen molar-refractivity contribution in [2.24, 2.45) is 0 Å². The number of rotatable bonds is 6. The Morgan fingerprint density at radius 1 is 0.939 bits per heavy atom. The first-order valence-corrected chi connectivity index (χ1v) is 11.9. The molecule has 0 saturated carbocycles. The van der Waals surface area contributed by atoms with Gasteiger partial charge in [0.05, 0.1) is 12.6 Å². The molecule has 1 aromatic heterocycles. The van der Waals surface area contributed by atoms with Crippen molar-refractivity contribution in [2.45, 2.75) is 39.2 Å². The number of aromatic nitrogens is 1. The third-order valence-corrected chi connectivity index (χ3v) is 6.63. The summed E-state index contributed by atoms with van der Waals surface area (Å²) >= 11 is 0. The largest absolute Gasteiger partial charge is 0.493 e. The SMILES string of the molecule is COc1cc(C(=O)N2CCCC2)ccc1OCc1ccc2c(N3CCCC3)cc(C)nc2c1. The molecule has 0 N–H and O–H groups in total. The van der Waals surface area contributed by atoms with E-state index in [2.05, 4.69) is 36.1 Å². The van der Waals surface area contributed by atoms with Gasteiger partial charge in [0.1, 0.15) is 6.61 Å². The zero-order chi connectivity index (χ0) is 22.8. The highest BCUT2D eigenvalue weighted by atomic mass is 16.5. The highest BCUT2D eigenvalue weighted by Gasteiger charge is 2.21. The van der Waals surface area contributed by atoms with Crippen LogP contribution in [0.5, 0.6) is 11.5 Å². The molecule has 2 aliphatic heterocycles. The molecular formula is C27H31N3O3. The standard InChI is InChI=1S/C27H31N3O3/c1-19-15-24(29-11-3-4-12-29)22-9-7-20(16-23(22)28-19)18-33-25-10-8-21(17-26(25)32-2)27(31)30-13-5-6-14-30/h7-10,15-17H,3-6,11-14,18H2,1-2H3. The second-order valence-electron chi connectivity index (χ2n) is 8.98. The van der Waals surface area contributed by atoms with Crippen LogP contribution in [0.3, 0.4) is 0 Å². The molecule has 2 saturated heterocycles. The number of pyridine rings is 1. The lowest BCUT2D eigenvalue weighted by Gasteiger charge is -2.20. The van der Waals surface area contributed by atoms with Crippen LogP contribution in [0.25, 0.3) is 10.9 Å². The Bertz CT molecular complexity index is 1160. The molecule has 0 aliphatic carbocycles. The fraction of sp³-hybridized carbons (Fsp3) is 0.407. The van der Waals surface area contributed by atoms with Gasteiger partial charge in [-0.3, -0.25) is 9.78 Å². The van der Waals surface area contributed by atoms with Crippen LogP contribution in [0.15, 0.2) is 42.5 Å². The Balaban J connectivity index is 1.34. The number of amides is 1. The summed E-state index contributed by atoms with van der Waals surface area (Å²) in [6.45, 7) is 6.33. The lowest BCUT2D eigenvalue weighted by Crippen LogP contribution is -2.27. The van der Waals surface area contributed by atoms with E-state index in [1.165, 1.54) is 23.9 Å². The van der Waals surface area contributed by atoms with E-state index in [1.807, 2.05) is 17.0 Å². The first-order chi connectivity index (χ1) is 16.1. The Kier molecular flexibility index (Phi) is 6.07. The van der Waals surface area contributed by atoms with Crippen molar-refractivity contribution in [2.75, 3.05) is 38.2 Å². The molecule has 0 atom stereocenters. The number of fused-ring (bicyclic) bond motifs is 1. The summed E-state index contributed by atoms with van der Waals surface area (Å²) in [7, 11) is 1.61. The highest BCUT2D eigenvalue weighted by molar-refractivity contribution is 5.95. The lowest BCUT2D eigenvalue weighted by atomic mass is 10.1. The van der Waals surface area contributed by atoms with Crippen molar-refractivity contribution < 1.29 is 14.3 Å².